The Morgan fingerprint density at radius 1 is 1.11 bits per heavy atom. The molecular formula is C25H22F5N3O5. The normalized spacial score (nSPS) is 14.4. The fourth-order valence-electron chi connectivity index (χ4n) is 3.90. The van der Waals surface area contributed by atoms with Crippen molar-refractivity contribution in [3.05, 3.63) is 71.1 Å². The van der Waals surface area contributed by atoms with Gasteiger partial charge in [0.05, 0.1) is 12.8 Å². The van der Waals surface area contributed by atoms with Crippen LogP contribution in [0.3, 0.4) is 0 Å². The predicted molar refractivity (Wildman–Crippen MR) is 124 cm³/mol. The number of halogens is 5. The maximum Gasteiger partial charge on any atom is 0.573 e. The van der Waals surface area contributed by atoms with Crippen LogP contribution >= 0.6 is 0 Å². The number of amides is 1. The van der Waals surface area contributed by atoms with Crippen LogP contribution in [-0.4, -0.2) is 29.5 Å². The molecule has 1 heterocycles. The van der Waals surface area contributed by atoms with Crippen molar-refractivity contribution in [2.45, 2.75) is 37.8 Å². The summed E-state index contributed by atoms with van der Waals surface area (Å²) >= 11 is 0. The summed E-state index contributed by atoms with van der Waals surface area (Å²) in [5.74, 6) is -6.13. The number of nitrogens with two attached hydrogens (primary N) is 1. The molecule has 4 N–H and O–H groups in total. The molecule has 202 valence electrons. The minimum Gasteiger partial charge on any atom is -0.490 e. The van der Waals surface area contributed by atoms with Gasteiger partial charge in [-0.25, -0.2) is 4.39 Å². The van der Waals surface area contributed by atoms with Gasteiger partial charge in [-0.05, 0) is 54.7 Å². The average molecular weight is 539 g/mol. The van der Waals surface area contributed by atoms with Gasteiger partial charge in [-0.15, -0.1) is 13.2 Å². The van der Waals surface area contributed by atoms with Crippen molar-refractivity contribution >= 4 is 11.6 Å². The molecule has 1 aromatic heterocycles. The van der Waals surface area contributed by atoms with E-state index in [0.717, 1.165) is 32.4 Å². The third-order valence-corrected chi connectivity index (χ3v) is 5.92. The zero-order chi connectivity index (χ0) is 27.6. The highest BCUT2D eigenvalue weighted by atomic mass is 19.4. The number of pyridine rings is 1. The molecule has 0 bridgehead atoms. The number of rotatable bonds is 8. The maximum absolute atomic E-state index is 15.7. The lowest BCUT2D eigenvalue weighted by molar-refractivity contribution is -0.275. The summed E-state index contributed by atoms with van der Waals surface area (Å²) < 4.78 is 82.4. The Kier molecular flexibility index (Phi) is 7.69. The number of alkyl halides is 3. The van der Waals surface area contributed by atoms with Gasteiger partial charge in [0.2, 0.25) is 11.6 Å². The van der Waals surface area contributed by atoms with Crippen LogP contribution in [0.4, 0.5) is 27.6 Å². The Balaban J connectivity index is 1.73. The van der Waals surface area contributed by atoms with Crippen molar-refractivity contribution < 1.29 is 46.1 Å². The zero-order valence-corrected chi connectivity index (χ0v) is 19.8. The van der Waals surface area contributed by atoms with Crippen LogP contribution in [0.2, 0.25) is 0 Å². The lowest BCUT2D eigenvalue weighted by Crippen LogP contribution is -2.19. The Hall–Kier alpha value is -3.97. The van der Waals surface area contributed by atoms with Crippen LogP contribution in [0.25, 0.3) is 0 Å². The molecule has 0 aliphatic heterocycles. The van der Waals surface area contributed by atoms with Gasteiger partial charge in [0, 0.05) is 11.9 Å². The highest BCUT2D eigenvalue weighted by molar-refractivity contribution is 6.06. The van der Waals surface area contributed by atoms with E-state index in [2.05, 4.69) is 15.0 Å². The molecule has 38 heavy (non-hydrogen) atoms. The van der Waals surface area contributed by atoms with Gasteiger partial charge >= 0.3 is 6.36 Å². The first-order chi connectivity index (χ1) is 18.0. The van der Waals surface area contributed by atoms with Gasteiger partial charge in [0.25, 0.3) is 5.91 Å². The molecule has 0 radical (unpaired) electrons. The van der Waals surface area contributed by atoms with E-state index in [4.69, 9.17) is 15.2 Å². The number of aromatic nitrogens is 1. The molecule has 2 aromatic carbocycles. The van der Waals surface area contributed by atoms with Crippen molar-refractivity contribution in [2.24, 2.45) is 5.73 Å². The number of nitrogens with zero attached hydrogens (tertiary/aromatic N) is 1. The van der Waals surface area contributed by atoms with Crippen molar-refractivity contribution in [1.82, 2.24) is 4.98 Å². The zero-order valence-electron chi connectivity index (χ0n) is 19.8. The molecule has 1 fully saturated rings. The molecule has 1 aliphatic carbocycles. The number of carbonyl (C=O) groups is 1. The van der Waals surface area contributed by atoms with Crippen LogP contribution < -0.4 is 25.3 Å². The summed E-state index contributed by atoms with van der Waals surface area (Å²) in [4.78, 5) is 17.1. The summed E-state index contributed by atoms with van der Waals surface area (Å²) in [5, 5.41) is 12.0. The average Bonchev–Trinajstić information content (AvgIpc) is 2.81. The lowest BCUT2D eigenvalue weighted by Gasteiger charge is -2.27. The Morgan fingerprint density at radius 2 is 1.79 bits per heavy atom. The van der Waals surface area contributed by atoms with Crippen LogP contribution in [-0.2, 0) is 0 Å². The van der Waals surface area contributed by atoms with E-state index in [1.54, 1.807) is 0 Å². The highest BCUT2D eigenvalue weighted by Gasteiger charge is 2.34. The predicted octanol–water partition coefficient (Wildman–Crippen LogP) is 5.53. The summed E-state index contributed by atoms with van der Waals surface area (Å²) in [7, 11) is 0.990. The maximum atomic E-state index is 15.7. The van der Waals surface area contributed by atoms with Crippen molar-refractivity contribution in [1.29, 1.82) is 0 Å². The van der Waals surface area contributed by atoms with Crippen LogP contribution in [0.15, 0.2) is 42.6 Å². The number of ether oxygens (including phenoxy) is 3. The summed E-state index contributed by atoms with van der Waals surface area (Å²) in [5.41, 5.74) is 5.35. The van der Waals surface area contributed by atoms with E-state index in [1.807, 2.05) is 0 Å². The molecular weight excluding hydrogens is 517 g/mol. The lowest BCUT2D eigenvalue weighted by atomic mass is 9.79. The van der Waals surface area contributed by atoms with Gasteiger partial charge < -0.3 is 30.4 Å². The number of methoxy groups -OCH3 is 1. The molecule has 0 saturated heterocycles. The molecule has 8 nitrogen and oxygen atoms in total. The Bertz CT molecular complexity index is 1350. The van der Waals surface area contributed by atoms with Crippen molar-refractivity contribution in [2.75, 3.05) is 12.4 Å². The molecule has 0 spiro atoms. The summed E-state index contributed by atoms with van der Waals surface area (Å²) in [6, 6.07) is 7.01. The van der Waals surface area contributed by atoms with Crippen LogP contribution in [0, 0.1) is 11.6 Å². The Labute approximate surface area is 213 Å². The SMILES string of the molecule is COc1c(Oc2ccc(C3CCC3)c(F)c2C(=O)Nc2ccnc(C(N)O)c2)ccc(OC(F)(F)F)c1F. The van der Waals surface area contributed by atoms with Crippen molar-refractivity contribution in [3.63, 3.8) is 0 Å². The number of carbonyl (C=O) groups excluding carboxylic acids is 1. The van der Waals surface area contributed by atoms with Crippen LogP contribution in [0.5, 0.6) is 23.0 Å². The van der Waals surface area contributed by atoms with Gasteiger partial charge in [0.15, 0.2) is 11.5 Å². The highest BCUT2D eigenvalue weighted by Crippen LogP contribution is 2.43. The third-order valence-electron chi connectivity index (χ3n) is 5.92. The molecule has 1 amide bonds. The number of aliphatic hydroxyl groups is 1. The molecule has 1 saturated carbocycles. The van der Waals surface area contributed by atoms with Crippen LogP contribution in [0.1, 0.15) is 53.0 Å². The topological polar surface area (TPSA) is 116 Å². The van der Waals surface area contributed by atoms with E-state index in [9.17, 15) is 27.5 Å². The number of nitrogens with one attached hydrogen (secondary N) is 1. The molecule has 1 atom stereocenters. The number of anilines is 1. The van der Waals surface area contributed by atoms with E-state index < -0.39 is 52.9 Å². The third kappa shape index (κ3) is 5.78. The minimum absolute atomic E-state index is 0.0457. The first-order valence-corrected chi connectivity index (χ1v) is 11.3. The van der Waals surface area contributed by atoms with E-state index >= 15 is 4.39 Å². The van der Waals surface area contributed by atoms with Gasteiger partial charge in [-0.1, -0.05) is 12.5 Å². The Morgan fingerprint density at radius 3 is 2.39 bits per heavy atom. The van der Waals surface area contributed by atoms with Gasteiger partial charge in [-0.2, -0.15) is 4.39 Å². The van der Waals surface area contributed by atoms with E-state index in [1.165, 1.54) is 30.5 Å². The molecule has 3 aromatic rings. The standard InChI is InChI=1S/C25H22F5N3O5/c1-36-22-18(8-7-17(21(22)27)38-25(28,29)30)37-16-6-5-14(12-3-2-4-12)20(26)19(16)24(35)33-13-9-10-32-15(11-13)23(31)34/h5-12,23,34H,2-4,31H2,1H3,(H,32,33,35). The van der Waals surface area contributed by atoms with Gasteiger partial charge in [-0.3, -0.25) is 9.78 Å². The largest absolute Gasteiger partial charge is 0.573 e. The second-order valence-corrected chi connectivity index (χ2v) is 8.40. The first kappa shape index (κ1) is 27.1. The van der Waals surface area contributed by atoms with Gasteiger partial charge in [0.1, 0.15) is 23.4 Å². The first-order valence-electron chi connectivity index (χ1n) is 11.3. The minimum atomic E-state index is -5.16. The quantitative estimate of drug-likeness (QED) is 0.255. The van der Waals surface area contributed by atoms with Crippen molar-refractivity contribution in [3.8, 4) is 23.0 Å². The monoisotopic (exact) mass is 539 g/mol. The second-order valence-electron chi connectivity index (χ2n) is 8.40. The smallest absolute Gasteiger partial charge is 0.490 e. The second kappa shape index (κ2) is 10.8. The number of aliphatic hydroxyl groups excluding tert-OH is 1. The number of hydrogen-bond donors (Lipinski definition) is 3. The number of hydrogen-bond acceptors (Lipinski definition) is 7. The molecule has 1 unspecified atom stereocenters. The molecule has 13 heteroatoms. The summed E-state index contributed by atoms with van der Waals surface area (Å²) in [6.07, 6.45) is -2.96. The summed E-state index contributed by atoms with van der Waals surface area (Å²) in [6.45, 7) is 0. The molecule has 1 aliphatic rings. The fourth-order valence-corrected chi connectivity index (χ4v) is 3.90. The number of benzene rings is 2. The molecule has 4 rings (SSSR count). The van der Waals surface area contributed by atoms with E-state index in [0.29, 0.717) is 6.07 Å². The fraction of sp³-hybridized carbons (Fsp3) is 0.280. The van der Waals surface area contributed by atoms with E-state index in [-0.39, 0.29) is 28.6 Å².